The summed E-state index contributed by atoms with van der Waals surface area (Å²) < 4.78 is 0. The largest absolute Gasteiger partial charge is 0.398 e. The number of para-hydroxylation sites is 1. The van der Waals surface area contributed by atoms with Gasteiger partial charge in [-0.15, -0.1) is 0 Å². The van der Waals surface area contributed by atoms with Gasteiger partial charge >= 0.3 is 0 Å². The minimum atomic E-state index is 0.641. The van der Waals surface area contributed by atoms with Crippen LogP contribution in [0.1, 0.15) is 32.3 Å². The molecule has 3 heteroatoms. The summed E-state index contributed by atoms with van der Waals surface area (Å²) in [4.78, 5) is 2.38. The van der Waals surface area contributed by atoms with Crippen LogP contribution < -0.4 is 11.1 Å². The molecule has 3 N–H and O–H groups in total. The molecule has 0 spiro atoms. The number of hydrogen-bond acceptors (Lipinski definition) is 3. The maximum absolute atomic E-state index is 5.89. The van der Waals surface area contributed by atoms with Crippen molar-refractivity contribution in [2.75, 3.05) is 25.9 Å². The Bertz CT molecular complexity index is 336. The van der Waals surface area contributed by atoms with Crippen molar-refractivity contribution >= 4 is 5.69 Å². The first-order chi connectivity index (χ1) is 8.61. The quantitative estimate of drug-likeness (QED) is 0.549. The normalized spacial score (nSPS) is 11.4. The molecule has 0 atom stereocenters. The van der Waals surface area contributed by atoms with Crippen LogP contribution in [0.15, 0.2) is 24.3 Å². The predicted octanol–water partition coefficient (Wildman–Crippen LogP) is 2.48. The number of nitrogens with two attached hydrogens (primary N) is 1. The second kappa shape index (κ2) is 8.11. The highest BCUT2D eigenvalue weighted by Gasteiger charge is 2.01. The van der Waals surface area contributed by atoms with E-state index in [0.717, 1.165) is 18.8 Å². The Hall–Kier alpha value is -1.06. The van der Waals surface area contributed by atoms with E-state index in [1.165, 1.54) is 24.9 Å². The van der Waals surface area contributed by atoms with E-state index in [1.807, 2.05) is 18.2 Å². The molecule has 0 aliphatic heterocycles. The molecular formula is C15H27N3. The minimum absolute atomic E-state index is 0.641. The van der Waals surface area contributed by atoms with Gasteiger partial charge < -0.3 is 16.0 Å². The lowest BCUT2D eigenvalue weighted by Crippen LogP contribution is -2.27. The number of unbranched alkanes of at least 4 members (excludes halogenated alkanes) is 1. The van der Waals surface area contributed by atoms with Crippen LogP contribution in [0.5, 0.6) is 0 Å². The summed E-state index contributed by atoms with van der Waals surface area (Å²) >= 11 is 0. The summed E-state index contributed by atoms with van der Waals surface area (Å²) in [6.07, 6.45) is 2.45. The lowest BCUT2D eigenvalue weighted by molar-refractivity contribution is 0.268. The Morgan fingerprint density at radius 3 is 2.61 bits per heavy atom. The minimum Gasteiger partial charge on any atom is -0.398 e. The Labute approximate surface area is 111 Å². The van der Waals surface area contributed by atoms with Crippen molar-refractivity contribution in [2.24, 2.45) is 0 Å². The molecule has 0 bridgehead atoms. The van der Waals surface area contributed by atoms with E-state index in [1.54, 1.807) is 0 Å². The topological polar surface area (TPSA) is 41.3 Å². The van der Waals surface area contributed by atoms with Gasteiger partial charge in [0.15, 0.2) is 0 Å². The first-order valence-corrected chi connectivity index (χ1v) is 6.85. The standard InChI is InChI=1S/C15H27N3/c1-13(2)18(3)11-7-6-10-17-12-14-8-4-5-9-15(14)16/h4-5,8-9,13,17H,6-7,10-12,16H2,1-3H3. The molecule has 0 unspecified atom stereocenters. The molecule has 1 aromatic carbocycles. The Kier molecular flexibility index (Phi) is 6.76. The molecule has 0 heterocycles. The first-order valence-electron chi connectivity index (χ1n) is 6.85. The monoisotopic (exact) mass is 249 g/mol. The maximum atomic E-state index is 5.89. The lowest BCUT2D eigenvalue weighted by Gasteiger charge is -2.20. The second-order valence-corrected chi connectivity index (χ2v) is 5.16. The Morgan fingerprint density at radius 2 is 1.94 bits per heavy atom. The molecule has 0 saturated heterocycles. The van der Waals surface area contributed by atoms with Crippen LogP contribution in [-0.2, 0) is 6.54 Å². The fourth-order valence-electron chi connectivity index (χ4n) is 1.79. The first kappa shape index (κ1) is 15.0. The smallest absolute Gasteiger partial charge is 0.0359 e. The van der Waals surface area contributed by atoms with Gasteiger partial charge in [0.05, 0.1) is 0 Å². The molecule has 0 radical (unpaired) electrons. The molecule has 1 aromatic rings. The molecular weight excluding hydrogens is 222 g/mol. The molecule has 1 rings (SSSR count). The van der Waals surface area contributed by atoms with E-state index >= 15 is 0 Å². The molecule has 0 aliphatic carbocycles. The fraction of sp³-hybridized carbons (Fsp3) is 0.600. The number of benzene rings is 1. The third kappa shape index (κ3) is 5.52. The van der Waals surface area contributed by atoms with Crippen LogP contribution in [0.25, 0.3) is 0 Å². The molecule has 0 amide bonds. The van der Waals surface area contributed by atoms with Gasteiger partial charge in [0.2, 0.25) is 0 Å². The number of nitrogens with zero attached hydrogens (tertiary/aromatic N) is 1. The summed E-state index contributed by atoms with van der Waals surface area (Å²) in [7, 11) is 2.18. The van der Waals surface area contributed by atoms with Crippen LogP contribution in [-0.4, -0.2) is 31.1 Å². The predicted molar refractivity (Wildman–Crippen MR) is 79.6 cm³/mol. The molecule has 102 valence electrons. The van der Waals surface area contributed by atoms with E-state index in [0.29, 0.717) is 6.04 Å². The summed E-state index contributed by atoms with van der Waals surface area (Å²) in [5, 5.41) is 3.45. The van der Waals surface area contributed by atoms with E-state index < -0.39 is 0 Å². The third-order valence-corrected chi connectivity index (χ3v) is 3.37. The highest BCUT2D eigenvalue weighted by molar-refractivity contribution is 5.46. The zero-order valence-electron chi connectivity index (χ0n) is 11.9. The fourth-order valence-corrected chi connectivity index (χ4v) is 1.79. The molecule has 18 heavy (non-hydrogen) atoms. The Balaban J connectivity index is 2.07. The highest BCUT2D eigenvalue weighted by atomic mass is 15.1. The van der Waals surface area contributed by atoms with Crippen LogP contribution in [0, 0.1) is 0 Å². The maximum Gasteiger partial charge on any atom is 0.0359 e. The van der Waals surface area contributed by atoms with Crippen molar-refractivity contribution in [1.29, 1.82) is 0 Å². The average molecular weight is 249 g/mol. The summed E-state index contributed by atoms with van der Waals surface area (Å²) in [5.74, 6) is 0. The van der Waals surface area contributed by atoms with Crippen molar-refractivity contribution < 1.29 is 0 Å². The second-order valence-electron chi connectivity index (χ2n) is 5.16. The molecule has 3 nitrogen and oxygen atoms in total. The summed E-state index contributed by atoms with van der Waals surface area (Å²) in [6.45, 7) is 7.56. The van der Waals surface area contributed by atoms with E-state index in [2.05, 4.69) is 37.2 Å². The van der Waals surface area contributed by atoms with Crippen LogP contribution >= 0.6 is 0 Å². The van der Waals surface area contributed by atoms with Gasteiger partial charge in [0, 0.05) is 18.3 Å². The molecule has 0 aromatic heterocycles. The van der Waals surface area contributed by atoms with Crippen molar-refractivity contribution in [3.8, 4) is 0 Å². The van der Waals surface area contributed by atoms with Gasteiger partial charge in [0.1, 0.15) is 0 Å². The number of rotatable bonds is 8. The number of nitrogens with one attached hydrogen (secondary N) is 1. The summed E-state index contributed by atoms with van der Waals surface area (Å²) in [6, 6.07) is 8.68. The van der Waals surface area contributed by atoms with Crippen LogP contribution in [0.3, 0.4) is 0 Å². The number of anilines is 1. The van der Waals surface area contributed by atoms with Crippen LogP contribution in [0.4, 0.5) is 5.69 Å². The molecule has 0 fully saturated rings. The van der Waals surface area contributed by atoms with E-state index in [9.17, 15) is 0 Å². The van der Waals surface area contributed by atoms with Crippen molar-refractivity contribution in [3.05, 3.63) is 29.8 Å². The van der Waals surface area contributed by atoms with E-state index in [-0.39, 0.29) is 0 Å². The molecule has 0 saturated carbocycles. The van der Waals surface area contributed by atoms with Crippen molar-refractivity contribution in [1.82, 2.24) is 10.2 Å². The van der Waals surface area contributed by atoms with E-state index in [4.69, 9.17) is 5.73 Å². The number of nitrogen functional groups attached to an aromatic ring is 1. The van der Waals surface area contributed by atoms with Gasteiger partial charge in [0.25, 0.3) is 0 Å². The summed E-state index contributed by atoms with van der Waals surface area (Å²) in [5.41, 5.74) is 7.96. The van der Waals surface area contributed by atoms with Gasteiger partial charge in [-0.3, -0.25) is 0 Å². The van der Waals surface area contributed by atoms with Gasteiger partial charge in [-0.2, -0.15) is 0 Å². The zero-order chi connectivity index (χ0) is 13.4. The SMILES string of the molecule is CC(C)N(C)CCCCNCc1ccccc1N. The highest BCUT2D eigenvalue weighted by Crippen LogP contribution is 2.09. The van der Waals surface area contributed by atoms with Crippen molar-refractivity contribution in [2.45, 2.75) is 39.3 Å². The van der Waals surface area contributed by atoms with Crippen LogP contribution in [0.2, 0.25) is 0 Å². The average Bonchev–Trinajstić information content (AvgIpc) is 2.35. The third-order valence-electron chi connectivity index (χ3n) is 3.37. The number of hydrogen-bond donors (Lipinski definition) is 2. The zero-order valence-corrected chi connectivity index (χ0v) is 11.9. The van der Waals surface area contributed by atoms with Crippen molar-refractivity contribution in [3.63, 3.8) is 0 Å². The van der Waals surface area contributed by atoms with Gasteiger partial charge in [-0.05, 0) is 58.5 Å². The van der Waals surface area contributed by atoms with Gasteiger partial charge in [-0.25, -0.2) is 0 Å². The van der Waals surface area contributed by atoms with Gasteiger partial charge in [-0.1, -0.05) is 18.2 Å². The molecule has 0 aliphatic rings. The Morgan fingerprint density at radius 1 is 1.22 bits per heavy atom. The lowest BCUT2D eigenvalue weighted by atomic mass is 10.2.